The topological polar surface area (TPSA) is 18.5 Å². The standard InChI is InChI=1S/C5H11O2.3CH3.Sn/c1-3-6-5-7-4-2;;;;/h5H,3-4H2,1-2H3;3*1H3;. The van der Waals surface area contributed by atoms with Crippen molar-refractivity contribution in [3.63, 3.8) is 0 Å². The molecule has 0 aromatic carbocycles. The van der Waals surface area contributed by atoms with Gasteiger partial charge < -0.3 is 0 Å². The predicted octanol–water partition coefficient (Wildman–Crippen LogP) is 2.26. The first-order chi connectivity index (χ1) is 5.02. The normalized spacial score (nSPS) is 12.5. The fourth-order valence-corrected chi connectivity index (χ4v) is 4.66. The molecule has 3 heteroatoms. The Kier molecular flexibility index (Phi) is 5.73. The van der Waals surface area contributed by atoms with Gasteiger partial charge in [-0.05, 0) is 0 Å². The fraction of sp³-hybridized carbons (Fsp3) is 1.00. The molecule has 68 valence electrons. The minimum absolute atomic E-state index is 0.138. The Balaban J connectivity index is 3.88. The van der Waals surface area contributed by atoms with E-state index >= 15 is 0 Å². The summed E-state index contributed by atoms with van der Waals surface area (Å²) < 4.78 is 11.2. The summed E-state index contributed by atoms with van der Waals surface area (Å²) in [4.78, 5) is 6.97. The minimum atomic E-state index is -1.96. The van der Waals surface area contributed by atoms with Crippen molar-refractivity contribution >= 4 is 18.4 Å². The Bertz CT molecular complexity index is 92.8. The van der Waals surface area contributed by atoms with Gasteiger partial charge in [0.25, 0.3) is 0 Å². The van der Waals surface area contributed by atoms with E-state index in [-0.39, 0.29) is 4.31 Å². The SMILES string of the molecule is CCO[CH](OCC)[Sn]([CH3])([CH3])[CH3]. The van der Waals surface area contributed by atoms with E-state index in [0.29, 0.717) is 0 Å². The molecule has 0 rings (SSSR count). The van der Waals surface area contributed by atoms with Crippen LogP contribution in [0.2, 0.25) is 14.8 Å². The Morgan fingerprint density at radius 1 is 1.00 bits per heavy atom. The zero-order valence-corrected chi connectivity index (χ0v) is 11.2. The van der Waals surface area contributed by atoms with E-state index in [9.17, 15) is 0 Å². The summed E-state index contributed by atoms with van der Waals surface area (Å²) in [6, 6.07) is 0. The molecule has 0 spiro atoms. The quantitative estimate of drug-likeness (QED) is 0.562. The van der Waals surface area contributed by atoms with E-state index in [1.54, 1.807) is 0 Å². The first-order valence-corrected chi connectivity index (χ1v) is 14.5. The van der Waals surface area contributed by atoms with Crippen molar-refractivity contribution in [2.75, 3.05) is 13.2 Å². The van der Waals surface area contributed by atoms with Crippen molar-refractivity contribution in [2.24, 2.45) is 0 Å². The fourth-order valence-electron chi connectivity index (χ4n) is 0.851. The van der Waals surface area contributed by atoms with Crippen molar-refractivity contribution in [1.29, 1.82) is 0 Å². The molecule has 0 bridgehead atoms. The average molecular weight is 267 g/mol. The van der Waals surface area contributed by atoms with Crippen molar-refractivity contribution in [3.05, 3.63) is 0 Å². The molecule has 0 radical (unpaired) electrons. The maximum absolute atomic E-state index is 5.52. The molecule has 0 aromatic rings. The summed E-state index contributed by atoms with van der Waals surface area (Å²) >= 11 is -1.96. The van der Waals surface area contributed by atoms with Crippen LogP contribution < -0.4 is 0 Å². The van der Waals surface area contributed by atoms with E-state index in [1.807, 2.05) is 13.8 Å². The van der Waals surface area contributed by atoms with Gasteiger partial charge in [-0.2, -0.15) is 0 Å². The number of rotatable bonds is 5. The molecule has 0 unspecified atom stereocenters. The number of hydrogen-bond donors (Lipinski definition) is 0. The third-order valence-corrected chi connectivity index (χ3v) is 6.33. The van der Waals surface area contributed by atoms with E-state index < -0.39 is 18.4 Å². The third-order valence-electron chi connectivity index (χ3n) is 1.34. The summed E-state index contributed by atoms with van der Waals surface area (Å²) in [5.74, 6) is 0. The summed E-state index contributed by atoms with van der Waals surface area (Å²) in [5, 5.41) is 0. The van der Waals surface area contributed by atoms with Crippen LogP contribution in [0.1, 0.15) is 13.8 Å². The molecule has 0 fully saturated rings. The van der Waals surface area contributed by atoms with Crippen LogP contribution in [0.5, 0.6) is 0 Å². The molecule has 0 saturated carbocycles. The van der Waals surface area contributed by atoms with Gasteiger partial charge in [-0.3, -0.25) is 0 Å². The van der Waals surface area contributed by atoms with Gasteiger partial charge in [0.1, 0.15) is 0 Å². The predicted molar refractivity (Wildman–Crippen MR) is 50.4 cm³/mol. The molecule has 0 aliphatic heterocycles. The summed E-state index contributed by atoms with van der Waals surface area (Å²) in [5.41, 5.74) is 0. The van der Waals surface area contributed by atoms with Crippen LogP contribution in [0, 0.1) is 0 Å². The van der Waals surface area contributed by atoms with Crippen LogP contribution >= 0.6 is 0 Å². The van der Waals surface area contributed by atoms with Crippen molar-refractivity contribution in [1.82, 2.24) is 0 Å². The van der Waals surface area contributed by atoms with Crippen LogP contribution in [-0.2, 0) is 9.47 Å². The van der Waals surface area contributed by atoms with Gasteiger partial charge in [-0.25, -0.2) is 0 Å². The zero-order valence-electron chi connectivity index (χ0n) is 8.31. The van der Waals surface area contributed by atoms with Crippen LogP contribution in [-0.4, -0.2) is 35.9 Å². The number of ether oxygens (including phenoxy) is 2. The van der Waals surface area contributed by atoms with Gasteiger partial charge in [-0.15, -0.1) is 0 Å². The molecule has 2 nitrogen and oxygen atoms in total. The van der Waals surface area contributed by atoms with Crippen LogP contribution in [0.4, 0.5) is 0 Å². The zero-order chi connectivity index (χ0) is 8.91. The average Bonchev–Trinajstić information content (AvgIpc) is 1.85. The second kappa shape index (κ2) is 5.38. The van der Waals surface area contributed by atoms with Crippen LogP contribution in [0.3, 0.4) is 0 Å². The molecule has 0 heterocycles. The monoisotopic (exact) mass is 268 g/mol. The van der Waals surface area contributed by atoms with Crippen LogP contribution in [0.15, 0.2) is 0 Å². The summed E-state index contributed by atoms with van der Waals surface area (Å²) in [6.45, 7) is 5.56. The van der Waals surface area contributed by atoms with E-state index in [2.05, 4.69) is 14.8 Å². The second-order valence-corrected chi connectivity index (χ2v) is 18.5. The molecule has 0 aliphatic rings. The van der Waals surface area contributed by atoms with Crippen molar-refractivity contribution in [2.45, 2.75) is 33.0 Å². The molecule has 0 aliphatic carbocycles. The van der Waals surface area contributed by atoms with Gasteiger partial charge in [0.15, 0.2) is 0 Å². The number of hydrogen-bond acceptors (Lipinski definition) is 2. The molecule has 11 heavy (non-hydrogen) atoms. The van der Waals surface area contributed by atoms with Gasteiger partial charge in [0.05, 0.1) is 0 Å². The van der Waals surface area contributed by atoms with Gasteiger partial charge in [0.2, 0.25) is 0 Å². The third kappa shape index (κ3) is 5.04. The van der Waals surface area contributed by atoms with Gasteiger partial charge in [0, 0.05) is 0 Å². The maximum atomic E-state index is 5.52. The van der Waals surface area contributed by atoms with Crippen molar-refractivity contribution < 1.29 is 9.47 Å². The van der Waals surface area contributed by atoms with Crippen molar-refractivity contribution in [3.8, 4) is 0 Å². The van der Waals surface area contributed by atoms with E-state index in [4.69, 9.17) is 9.47 Å². The summed E-state index contributed by atoms with van der Waals surface area (Å²) in [7, 11) is 0. The first kappa shape index (κ1) is 11.7. The molecular weight excluding hydrogens is 247 g/mol. The molecule has 0 N–H and O–H groups in total. The van der Waals surface area contributed by atoms with Gasteiger partial charge >= 0.3 is 74.0 Å². The molecular formula is C8H20O2Sn. The molecule has 0 aromatic heterocycles. The van der Waals surface area contributed by atoms with Crippen LogP contribution in [0.25, 0.3) is 0 Å². The molecule has 0 saturated heterocycles. The summed E-state index contributed by atoms with van der Waals surface area (Å²) in [6.07, 6.45) is 0. The molecule has 0 amide bonds. The Labute approximate surface area is 74.1 Å². The van der Waals surface area contributed by atoms with E-state index in [0.717, 1.165) is 13.2 Å². The Morgan fingerprint density at radius 2 is 1.36 bits per heavy atom. The Morgan fingerprint density at radius 3 is 1.55 bits per heavy atom. The second-order valence-electron chi connectivity index (χ2n) is 3.61. The molecule has 0 atom stereocenters. The Hall–Kier alpha value is 0.719. The first-order valence-electron chi connectivity index (χ1n) is 4.25. The van der Waals surface area contributed by atoms with E-state index in [1.165, 1.54) is 0 Å². The van der Waals surface area contributed by atoms with Gasteiger partial charge in [-0.1, -0.05) is 0 Å².